The Labute approximate surface area is 86.6 Å². The summed E-state index contributed by atoms with van der Waals surface area (Å²) in [7, 11) is 0. The molecule has 0 aliphatic carbocycles. The Hall–Kier alpha value is -1.42. The SMILES string of the molecule is CCc1nc(-c2ccsc2)ncc1N. The predicted octanol–water partition coefficient (Wildman–Crippen LogP) is 2.35. The largest absolute Gasteiger partial charge is 0.396 e. The predicted molar refractivity (Wildman–Crippen MR) is 59.1 cm³/mol. The third-order valence-corrected chi connectivity index (χ3v) is 2.70. The van der Waals surface area contributed by atoms with E-state index in [1.54, 1.807) is 17.5 Å². The molecule has 2 heterocycles. The Bertz CT molecular complexity index is 423. The van der Waals surface area contributed by atoms with Crippen molar-refractivity contribution in [2.24, 2.45) is 0 Å². The first kappa shape index (κ1) is 9.15. The molecule has 0 spiro atoms. The highest BCUT2D eigenvalue weighted by Gasteiger charge is 2.04. The maximum absolute atomic E-state index is 5.73. The summed E-state index contributed by atoms with van der Waals surface area (Å²) in [6, 6.07) is 2.01. The van der Waals surface area contributed by atoms with Crippen molar-refractivity contribution in [2.75, 3.05) is 5.73 Å². The zero-order chi connectivity index (χ0) is 9.97. The normalized spacial score (nSPS) is 10.4. The summed E-state index contributed by atoms with van der Waals surface area (Å²) in [6.45, 7) is 2.04. The lowest BCUT2D eigenvalue weighted by Gasteiger charge is -2.03. The van der Waals surface area contributed by atoms with Crippen molar-refractivity contribution in [3.8, 4) is 11.4 Å². The third kappa shape index (κ3) is 1.61. The molecular weight excluding hydrogens is 194 g/mol. The molecule has 72 valence electrons. The van der Waals surface area contributed by atoms with Crippen LogP contribution in [-0.2, 0) is 6.42 Å². The van der Waals surface area contributed by atoms with Gasteiger partial charge in [0.1, 0.15) is 0 Å². The van der Waals surface area contributed by atoms with Crippen LogP contribution in [0, 0.1) is 0 Å². The first-order chi connectivity index (χ1) is 6.81. The Balaban J connectivity index is 2.46. The van der Waals surface area contributed by atoms with Crippen LogP contribution in [-0.4, -0.2) is 9.97 Å². The van der Waals surface area contributed by atoms with E-state index >= 15 is 0 Å². The van der Waals surface area contributed by atoms with E-state index in [4.69, 9.17) is 5.73 Å². The average Bonchev–Trinajstić information content (AvgIpc) is 2.71. The first-order valence-corrected chi connectivity index (χ1v) is 5.39. The van der Waals surface area contributed by atoms with Crippen LogP contribution < -0.4 is 5.73 Å². The minimum Gasteiger partial charge on any atom is -0.396 e. The second-order valence-corrected chi connectivity index (χ2v) is 3.74. The molecule has 0 fully saturated rings. The van der Waals surface area contributed by atoms with Crippen LogP contribution in [0.5, 0.6) is 0 Å². The minimum absolute atomic E-state index is 0.673. The van der Waals surface area contributed by atoms with Gasteiger partial charge < -0.3 is 5.73 Å². The van der Waals surface area contributed by atoms with Gasteiger partial charge in [-0.25, -0.2) is 9.97 Å². The lowest BCUT2D eigenvalue weighted by Crippen LogP contribution is -1.99. The fourth-order valence-electron chi connectivity index (χ4n) is 1.24. The van der Waals surface area contributed by atoms with E-state index in [2.05, 4.69) is 9.97 Å². The number of anilines is 1. The van der Waals surface area contributed by atoms with Gasteiger partial charge in [-0.3, -0.25) is 0 Å². The zero-order valence-electron chi connectivity index (χ0n) is 7.90. The molecule has 0 radical (unpaired) electrons. The van der Waals surface area contributed by atoms with Crippen LogP contribution in [0.25, 0.3) is 11.4 Å². The average molecular weight is 205 g/mol. The first-order valence-electron chi connectivity index (χ1n) is 4.45. The number of aromatic nitrogens is 2. The van der Waals surface area contributed by atoms with E-state index in [1.165, 1.54) is 0 Å². The van der Waals surface area contributed by atoms with E-state index in [0.29, 0.717) is 5.69 Å². The summed E-state index contributed by atoms with van der Waals surface area (Å²) in [5.74, 6) is 0.761. The van der Waals surface area contributed by atoms with Crippen molar-refractivity contribution in [1.82, 2.24) is 9.97 Å². The van der Waals surface area contributed by atoms with Gasteiger partial charge in [-0.2, -0.15) is 11.3 Å². The van der Waals surface area contributed by atoms with Crippen LogP contribution in [0.3, 0.4) is 0 Å². The second-order valence-electron chi connectivity index (χ2n) is 2.96. The number of nitrogens with two attached hydrogens (primary N) is 1. The van der Waals surface area contributed by atoms with Crippen LogP contribution in [0.2, 0.25) is 0 Å². The molecule has 0 amide bonds. The number of thiophene rings is 1. The van der Waals surface area contributed by atoms with Gasteiger partial charge in [0, 0.05) is 10.9 Å². The molecule has 2 aromatic rings. The minimum atomic E-state index is 0.673. The quantitative estimate of drug-likeness (QED) is 0.818. The van der Waals surface area contributed by atoms with Gasteiger partial charge in [-0.1, -0.05) is 6.92 Å². The van der Waals surface area contributed by atoms with Crippen LogP contribution in [0.1, 0.15) is 12.6 Å². The molecule has 0 bridgehead atoms. The molecule has 3 nitrogen and oxygen atoms in total. The van der Waals surface area contributed by atoms with Crippen molar-refractivity contribution in [3.05, 3.63) is 28.7 Å². The number of nitrogen functional groups attached to an aromatic ring is 1. The number of hydrogen-bond donors (Lipinski definition) is 1. The molecule has 2 N–H and O–H groups in total. The number of rotatable bonds is 2. The molecule has 4 heteroatoms. The zero-order valence-corrected chi connectivity index (χ0v) is 8.71. The van der Waals surface area contributed by atoms with Crippen molar-refractivity contribution >= 4 is 17.0 Å². The van der Waals surface area contributed by atoms with Gasteiger partial charge in [-0.15, -0.1) is 0 Å². The molecule has 0 atom stereocenters. The van der Waals surface area contributed by atoms with Gasteiger partial charge in [0.2, 0.25) is 0 Å². The highest BCUT2D eigenvalue weighted by molar-refractivity contribution is 7.08. The molecule has 0 aliphatic heterocycles. The standard InChI is InChI=1S/C10H11N3S/c1-2-9-8(11)5-12-10(13-9)7-3-4-14-6-7/h3-6H,2,11H2,1H3. The van der Waals surface area contributed by atoms with Crippen LogP contribution in [0.4, 0.5) is 5.69 Å². The van der Waals surface area contributed by atoms with Gasteiger partial charge in [0.25, 0.3) is 0 Å². The van der Waals surface area contributed by atoms with Crippen molar-refractivity contribution < 1.29 is 0 Å². The van der Waals surface area contributed by atoms with Crippen LogP contribution >= 0.6 is 11.3 Å². The summed E-state index contributed by atoms with van der Waals surface area (Å²) >= 11 is 1.64. The van der Waals surface area contributed by atoms with Gasteiger partial charge in [-0.05, 0) is 17.9 Å². The number of nitrogens with zero attached hydrogens (tertiary/aromatic N) is 2. The molecule has 2 rings (SSSR count). The lowest BCUT2D eigenvalue weighted by molar-refractivity contribution is 1.01. The molecule has 0 saturated heterocycles. The fraction of sp³-hybridized carbons (Fsp3) is 0.200. The Morgan fingerprint density at radius 1 is 1.50 bits per heavy atom. The summed E-state index contributed by atoms with van der Waals surface area (Å²) in [5.41, 5.74) is 8.38. The molecular formula is C10H11N3S. The van der Waals surface area contributed by atoms with Crippen LogP contribution in [0.15, 0.2) is 23.0 Å². The van der Waals surface area contributed by atoms with E-state index in [-0.39, 0.29) is 0 Å². The summed E-state index contributed by atoms with van der Waals surface area (Å²) in [6.07, 6.45) is 2.52. The molecule has 0 aromatic carbocycles. The summed E-state index contributed by atoms with van der Waals surface area (Å²) in [4.78, 5) is 8.60. The lowest BCUT2D eigenvalue weighted by atomic mass is 10.2. The smallest absolute Gasteiger partial charge is 0.160 e. The topological polar surface area (TPSA) is 51.8 Å². The van der Waals surface area contributed by atoms with Crippen molar-refractivity contribution in [2.45, 2.75) is 13.3 Å². The molecule has 0 aliphatic rings. The Morgan fingerprint density at radius 2 is 2.36 bits per heavy atom. The van der Waals surface area contributed by atoms with Gasteiger partial charge in [0.15, 0.2) is 5.82 Å². The molecule has 0 saturated carbocycles. The maximum atomic E-state index is 5.73. The van der Waals surface area contributed by atoms with Crippen molar-refractivity contribution in [1.29, 1.82) is 0 Å². The summed E-state index contributed by atoms with van der Waals surface area (Å²) < 4.78 is 0. The Morgan fingerprint density at radius 3 is 3.00 bits per heavy atom. The second kappa shape index (κ2) is 3.75. The van der Waals surface area contributed by atoms with E-state index in [1.807, 2.05) is 23.8 Å². The maximum Gasteiger partial charge on any atom is 0.160 e. The number of aryl methyl sites for hydroxylation is 1. The molecule has 14 heavy (non-hydrogen) atoms. The van der Waals surface area contributed by atoms with Gasteiger partial charge >= 0.3 is 0 Å². The highest BCUT2D eigenvalue weighted by atomic mass is 32.1. The monoisotopic (exact) mass is 205 g/mol. The van der Waals surface area contributed by atoms with E-state index in [9.17, 15) is 0 Å². The van der Waals surface area contributed by atoms with E-state index in [0.717, 1.165) is 23.5 Å². The van der Waals surface area contributed by atoms with Gasteiger partial charge in [0.05, 0.1) is 17.6 Å². The van der Waals surface area contributed by atoms with E-state index < -0.39 is 0 Å². The Kier molecular flexibility index (Phi) is 2.45. The highest BCUT2D eigenvalue weighted by Crippen LogP contribution is 2.19. The molecule has 0 unspecified atom stereocenters. The third-order valence-electron chi connectivity index (χ3n) is 2.01. The summed E-state index contributed by atoms with van der Waals surface area (Å²) in [5, 5.41) is 4.05. The molecule has 2 aromatic heterocycles. The number of hydrogen-bond acceptors (Lipinski definition) is 4. The fourth-order valence-corrected chi connectivity index (χ4v) is 1.87. The van der Waals surface area contributed by atoms with Crippen molar-refractivity contribution in [3.63, 3.8) is 0 Å².